The van der Waals surface area contributed by atoms with Crippen LogP contribution in [0.5, 0.6) is 5.75 Å². The number of ether oxygens (including phenoxy) is 1. The van der Waals surface area contributed by atoms with Crippen molar-refractivity contribution in [3.63, 3.8) is 0 Å². The molecule has 0 aromatic heterocycles. The Kier molecular flexibility index (Phi) is 14.9. The number of nitrogens with one attached hydrogen (secondary N) is 2. The van der Waals surface area contributed by atoms with E-state index in [0.29, 0.717) is 42.7 Å². The Bertz CT molecular complexity index is 1470. The number of aromatic hydroxyl groups is 1. The molecule has 0 saturated heterocycles. The van der Waals surface area contributed by atoms with Gasteiger partial charge in [-0.25, -0.2) is 0 Å². The lowest BCUT2D eigenvalue weighted by atomic mass is 9.86. The van der Waals surface area contributed by atoms with Crippen LogP contribution in [0, 0.1) is 5.41 Å². The highest BCUT2D eigenvalue weighted by Crippen LogP contribution is 2.31. The van der Waals surface area contributed by atoms with E-state index in [1.54, 1.807) is 24.3 Å². The van der Waals surface area contributed by atoms with Crippen molar-refractivity contribution in [1.29, 1.82) is 0 Å². The summed E-state index contributed by atoms with van der Waals surface area (Å²) in [6, 6.07) is 21.6. The number of phenols is 1. The van der Waals surface area contributed by atoms with Gasteiger partial charge in [-0.1, -0.05) is 45.0 Å². The number of fused-ring (bicyclic) bond motifs is 1. The van der Waals surface area contributed by atoms with Gasteiger partial charge < -0.3 is 37.7 Å². The molecule has 1 atom stereocenters. The first-order valence-corrected chi connectivity index (χ1v) is 17.4. The molecule has 4 rings (SSSR count). The Balaban J connectivity index is 0.000000265. The van der Waals surface area contributed by atoms with Gasteiger partial charge in [0.05, 0.1) is 12.1 Å². The molecule has 0 saturated carbocycles. The van der Waals surface area contributed by atoms with E-state index in [2.05, 4.69) is 40.7 Å². The van der Waals surface area contributed by atoms with Gasteiger partial charge in [-0.15, -0.1) is 0 Å². The Morgan fingerprint density at radius 3 is 2.24 bits per heavy atom. The Labute approximate surface area is 292 Å². The van der Waals surface area contributed by atoms with Gasteiger partial charge in [0.25, 0.3) is 0 Å². The summed E-state index contributed by atoms with van der Waals surface area (Å²) in [6.45, 7) is 12.6. The highest BCUT2D eigenvalue weighted by atomic mass is 16.5. The molecule has 10 nitrogen and oxygen atoms in total. The van der Waals surface area contributed by atoms with Crippen molar-refractivity contribution in [3.05, 3.63) is 83.4 Å². The van der Waals surface area contributed by atoms with Crippen LogP contribution in [0.1, 0.15) is 70.6 Å². The standard InChI is InChI=1S/C21H28N2O.C18H30N4O3/c1-2-13-23(14-12-16-6-8-18(22)9-7-16)19-10-11-20-17(15-19)4-3-5-21(20)24;1-17(2,9-10-25-18(3,4)12-19)16(24)21-11-15(23)22-14-7-5-13(20)6-8-14/h3-9,19,24H,2,10-15,22H2,1H3;5-8H,9-12,19-20H2,1-4H3,(H,21,24)(H,22,23). The molecule has 0 spiro atoms. The number of carbonyl (C=O) groups is 2. The van der Waals surface area contributed by atoms with Gasteiger partial charge in [0.1, 0.15) is 5.75 Å². The number of hydrogen-bond acceptors (Lipinski definition) is 8. The largest absolute Gasteiger partial charge is 0.508 e. The molecule has 3 aromatic carbocycles. The van der Waals surface area contributed by atoms with Crippen molar-refractivity contribution < 1.29 is 19.4 Å². The average Bonchev–Trinajstić information content (AvgIpc) is 3.07. The predicted molar refractivity (Wildman–Crippen MR) is 200 cm³/mol. The third-order valence-corrected chi connectivity index (χ3v) is 9.06. The van der Waals surface area contributed by atoms with Crippen LogP contribution in [-0.2, 0) is 33.6 Å². The van der Waals surface area contributed by atoms with Gasteiger partial charge in [0, 0.05) is 48.2 Å². The zero-order valence-corrected chi connectivity index (χ0v) is 30.1. The van der Waals surface area contributed by atoms with E-state index >= 15 is 0 Å². The molecule has 1 aliphatic rings. The highest BCUT2D eigenvalue weighted by Gasteiger charge is 2.29. The molecule has 268 valence electrons. The van der Waals surface area contributed by atoms with E-state index < -0.39 is 11.0 Å². The van der Waals surface area contributed by atoms with Crippen LogP contribution in [0.2, 0.25) is 0 Å². The molecule has 2 amide bonds. The first-order chi connectivity index (χ1) is 23.2. The molecule has 9 N–H and O–H groups in total. The predicted octanol–water partition coefficient (Wildman–Crippen LogP) is 5.28. The number of nitrogen functional groups attached to an aromatic ring is 2. The molecule has 0 heterocycles. The van der Waals surface area contributed by atoms with Crippen LogP contribution in [0.3, 0.4) is 0 Å². The number of phenolic OH excluding ortho intramolecular Hbond substituents is 1. The van der Waals surface area contributed by atoms with E-state index in [9.17, 15) is 14.7 Å². The first-order valence-electron chi connectivity index (χ1n) is 17.4. The fourth-order valence-corrected chi connectivity index (χ4v) is 5.73. The summed E-state index contributed by atoms with van der Waals surface area (Å²) in [5.74, 6) is -0.0292. The van der Waals surface area contributed by atoms with E-state index in [1.165, 1.54) is 17.5 Å². The maximum absolute atomic E-state index is 12.3. The lowest BCUT2D eigenvalue weighted by Gasteiger charge is -2.35. The second-order valence-electron chi connectivity index (χ2n) is 14.1. The summed E-state index contributed by atoms with van der Waals surface area (Å²) in [4.78, 5) is 26.8. The molecule has 0 radical (unpaired) electrons. The fraction of sp³-hybridized carbons (Fsp3) is 0.487. The molecule has 0 aliphatic heterocycles. The molecule has 0 fully saturated rings. The van der Waals surface area contributed by atoms with Crippen molar-refractivity contribution in [2.75, 3.05) is 49.6 Å². The zero-order valence-electron chi connectivity index (χ0n) is 30.1. The van der Waals surface area contributed by atoms with Gasteiger partial charge in [-0.05, 0) is 118 Å². The van der Waals surface area contributed by atoms with Crippen molar-refractivity contribution in [3.8, 4) is 5.75 Å². The second kappa shape index (κ2) is 18.6. The number of nitrogens with two attached hydrogens (primary N) is 3. The summed E-state index contributed by atoms with van der Waals surface area (Å²) in [7, 11) is 0. The maximum Gasteiger partial charge on any atom is 0.243 e. The van der Waals surface area contributed by atoms with Crippen molar-refractivity contribution >= 4 is 28.9 Å². The Morgan fingerprint density at radius 1 is 0.959 bits per heavy atom. The summed E-state index contributed by atoms with van der Waals surface area (Å²) in [5.41, 5.74) is 21.8. The van der Waals surface area contributed by atoms with E-state index in [0.717, 1.165) is 50.0 Å². The summed E-state index contributed by atoms with van der Waals surface area (Å²) in [6.07, 6.45) is 5.92. The molecule has 10 heteroatoms. The number of amides is 2. The Morgan fingerprint density at radius 2 is 1.61 bits per heavy atom. The highest BCUT2D eigenvalue weighted by molar-refractivity contribution is 5.95. The quantitative estimate of drug-likeness (QED) is 0.118. The zero-order chi connectivity index (χ0) is 36.0. The van der Waals surface area contributed by atoms with Crippen LogP contribution in [-0.4, -0.2) is 66.2 Å². The van der Waals surface area contributed by atoms with Gasteiger partial charge in [-0.3, -0.25) is 14.5 Å². The smallest absolute Gasteiger partial charge is 0.243 e. The first kappa shape index (κ1) is 39.3. The van der Waals surface area contributed by atoms with Gasteiger partial charge in [0.2, 0.25) is 11.8 Å². The van der Waals surface area contributed by atoms with E-state index in [1.807, 2.05) is 52.0 Å². The summed E-state index contributed by atoms with van der Waals surface area (Å²) < 4.78 is 5.68. The minimum absolute atomic E-state index is 0.0954. The topological polar surface area (TPSA) is 169 Å². The number of hydrogen-bond donors (Lipinski definition) is 6. The van der Waals surface area contributed by atoms with Crippen LogP contribution >= 0.6 is 0 Å². The van der Waals surface area contributed by atoms with Crippen LogP contribution < -0.4 is 27.8 Å². The number of benzene rings is 3. The summed E-state index contributed by atoms with van der Waals surface area (Å²) >= 11 is 0. The van der Waals surface area contributed by atoms with E-state index in [-0.39, 0.29) is 18.4 Å². The summed E-state index contributed by atoms with van der Waals surface area (Å²) in [5, 5.41) is 15.4. The molecule has 49 heavy (non-hydrogen) atoms. The lowest BCUT2D eigenvalue weighted by Crippen LogP contribution is -2.42. The Hall–Kier alpha value is -4.12. The molecular weight excluding hydrogens is 616 g/mol. The second-order valence-corrected chi connectivity index (χ2v) is 14.1. The van der Waals surface area contributed by atoms with Gasteiger partial charge in [-0.2, -0.15) is 0 Å². The third kappa shape index (κ3) is 13.0. The average molecular weight is 675 g/mol. The number of anilines is 3. The molecule has 1 aliphatic carbocycles. The number of nitrogens with zero attached hydrogens (tertiary/aromatic N) is 1. The van der Waals surface area contributed by atoms with E-state index in [4.69, 9.17) is 21.9 Å². The molecular formula is C39H58N6O4. The van der Waals surface area contributed by atoms with Crippen LogP contribution in [0.25, 0.3) is 0 Å². The van der Waals surface area contributed by atoms with Gasteiger partial charge >= 0.3 is 0 Å². The molecule has 1 unspecified atom stereocenters. The maximum atomic E-state index is 12.3. The third-order valence-electron chi connectivity index (χ3n) is 9.06. The SMILES string of the molecule is CC(C)(CN)OCCC(C)(C)C(=O)NCC(=O)Nc1ccc(N)cc1.CCCN(CCc1ccc(N)cc1)C1CCc2c(O)cccc2C1. The van der Waals surface area contributed by atoms with Gasteiger partial charge in [0.15, 0.2) is 0 Å². The normalized spacial score (nSPS) is 14.4. The minimum atomic E-state index is -0.647. The van der Waals surface area contributed by atoms with Crippen molar-refractivity contribution in [1.82, 2.24) is 10.2 Å². The number of rotatable bonds is 15. The van der Waals surface area contributed by atoms with Crippen LogP contribution in [0.4, 0.5) is 17.1 Å². The molecule has 3 aromatic rings. The van der Waals surface area contributed by atoms with Crippen molar-refractivity contribution in [2.45, 2.75) is 84.8 Å². The monoisotopic (exact) mass is 674 g/mol. The van der Waals surface area contributed by atoms with Crippen molar-refractivity contribution in [2.24, 2.45) is 11.1 Å². The van der Waals surface area contributed by atoms with Crippen LogP contribution in [0.15, 0.2) is 66.7 Å². The minimum Gasteiger partial charge on any atom is -0.508 e. The fourth-order valence-electron chi connectivity index (χ4n) is 5.73. The molecule has 0 bridgehead atoms. The lowest BCUT2D eigenvalue weighted by molar-refractivity contribution is -0.132. The number of carbonyl (C=O) groups excluding carboxylic acids is 2.